The van der Waals surface area contributed by atoms with Gasteiger partial charge >= 0.3 is 0 Å². The molecular formula is C9H6BrNOS. The number of carbonyl (C=O) groups excluding carboxylic acids is 1. The smallest absolute Gasteiger partial charge is 0.151 e. The summed E-state index contributed by atoms with van der Waals surface area (Å²) in [5.41, 5.74) is 7.08. The third kappa shape index (κ3) is 1.36. The number of hydrogen-bond donors (Lipinski definition) is 1. The Morgan fingerprint density at radius 1 is 1.46 bits per heavy atom. The largest absolute Gasteiger partial charge is 0.398 e. The molecule has 0 aliphatic rings. The Labute approximate surface area is 87.5 Å². The van der Waals surface area contributed by atoms with Crippen LogP contribution in [0.3, 0.4) is 0 Å². The van der Waals surface area contributed by atoms with E-state index in [1.54, 1.807) is 11.3 Å². The maximum Gasteiger partial charge on any atom is 0.151 e. The van der Waals surface area contributed by atoms with Crippen molar-refractivity contribution >= 4 is 49.3 Å². The summed E-state index contributed by atoms with van der Waals surface area (Å²) < 4.78 is 1.95. The fraction of sp³-hybridized carbons (Fsp3) is 0. The zero-order valence-electron chi connectivity index (χ0n) is 6.58. The van der Waals surface area contributed by atoms with E-state index in [2.05, 4.69) is 15.9 Å². The molecular weight excluding hydrogens is 250 g/mol. The number of hydrogen-bond acceptors (Lipinski definition) is 3. The van der Waals surface area contributed by atoms with Gasteiger partial charge in [0.2, 0.25) is 0 Å². The van der Waals surface area contributed by atoms with Gasteiger partial charge in [0, 0.05) is 31.2 Å². The molecule has 66 valence electrons. The van der Waals surface area contributed by atoms with Gasteiger partial charge in [-0.05, 0) is 28.1 Å². The van der Waals surface area contributed by atoms with Crippen molar-refractivity contribution in [3.63, 3.8) is 0 Å². The number of fused-ring (bicyclic) bond motifs is 1. The Balaban J connectivity index is 2.84. The molecule has 1 aromatic heterocycles. The molecule has 0 spiro atoms. The van der Waals surface area contributed by atoms with E-state index >= 15 is 0 Å². The van der Waals surface area contributed by atoms with Gasteiger partial charge in [-0.25, -0.2) is 0 Å². The summed E-state index contributed by atoms with van der Waals surface area (Å²) in [4.78, 5) is 10.6. The second-order valence-corrected chi connectivity index (χ2v) is 4.44. The summed E-state index contributed by atoms with van der Waals surface area (Å²) in [7, 11) is 0. The van der Waals surface area contributed by atoms with E-state index < -0.39 is 0 Å². The van der Waals surface area contributed by atoms with Crippen LogP contribution in [0.5, 0.6) is 0 Å². The van der Waals surface area contributed by atoms with E-state index in [1.165, 1.54) is 0 Å². The quantitative estimate of drug-likeness (QED) is 0.629. The van der Waals surface area contributed by atoms with Gasteiger partial charge in [0.25, 0.3) is 0 Å². The number of nitrogens with two attached hydrogens (primary N) is 1. The van der Waals surface area contributed by atoms with Crippen molar-refractivity contribution in [2.45, 2.75) is 0 Å². The first kappa shape index (κ1) is 8.72. The van der Waals surface area contributed by atoms with E-state index in [0.717, 1.165) is 20.8 Å². The number of benzene rings is 1. The Morgan fingerprint density at radius 2 is 2.23 bits per heavy atom. The lowest BCUT2D eigenvalue weighted by molar-refractivity contribution is 0.112. The minimum Gasteiger partial charge on any atom is -0.398 e. The minimum atomic E-state index is 0.661. The number of halogens is 1. The van der Waals surface area contributed by atoms with E-state index in [1.807, 2.05) is 17.5 Å². The first-order chi connectivity index (χ1) is 6.22. The molecule has 0 atom stereocenters. The van der Waals surface area contributed by atoms with Crippen molar-refractivity contribution < 1.29 is 4.79 Å². The molecule has 2 rings (SSSR count). The highest BCUT2D eigenvalue weighted by Crippen LogP contribution is 2.31. The molecule has 4 heteroatoms. The summed E-state index contributed by atoms with van der Waals surface area (Å²) in [6.07, 6.45) is 0.853. The van der Waals surface area contributed by atoms with Gasteiger partial charge in [-0.2, -0.15) is 0 Å². The molecule has 2 aromatic rings. The van der Waals surface area contributed by atoms with Crippen LogP contribution < -0.4 is 5.73 Å². The maximum absolute atomic E-state index is 10.6. The normalized spacial score (nSPS) is 10.5. The summed E-state index contributed by atoms with van der Waals surface area (Å²) in [6.45, 7) is 0. The van der Waals surface area contributed by atoms with Gasteiger partial charge < -0.3 is 5.73 Å². The van der Waals surface area contributed by atoms with E-state index in [9.17, 15) is 4.79 Å². The van der Waals surface area contributed by atoms with Crippen molar-refractivity contribution in [1.29, 1.82) is 0 Å². The zero-order chi connectivity index (χ0) is 9.42. The van der Waals surface area contributed by atoms with Crippen LogP contribution in [0.1, 0.15) is 10.4 Å². The lowest BCUT2D eigenvalue weighted by Gasteiger charge is -1.97. The third-order valence-electron chi connectivity index (χ3n) is 1.85. The third-order valence-corrected chi connectivity index (χ3v) is 3.50. The molecule has 0 unspecified atom stereocenters. The van der Waals surface area contributed by atoms with Gasteiger partial charge in [0.05, 0.1) is 0 Å². The SMILES string of the molecule is Nc1cc2c(C=O)csc2cc1Br. The van der Waals surface area contributed by atoms with Gasteiger partial charge in [0.15, 0.2) is 6.29 Å². The Hall–Kier alpha value is -0.870. The van der Waals surface area contributed by atoms with Crippen LogP contribution in [-0.2, 0) is 0 Å². The predicted octanol–water partition coefficient (Wildman–Crippen LogP) is 3.06. The average Bonchev–Trinajstić information content (AvgIpc) is 2.48. The van der Waals surface area contributed by atoms with Gasteiger partial charge in [-0.15, -0.1) is 11.3 Å². The van der Waals surface area contributed by atoms with Gasteiger partial charge in [-0.1, -0.05) is 0 Å². The topological polar surface area (TPSA) is 43.1 Å². The minimum absolute atomic E-state index is 0.661. The highest BCUT2D eigenvalue weighted by atomic mass is 79.9. The van der Waals surface area contributed by atoms with E-state index in [4.69, 9.17) is 5.73 Å². The predicted molar refractivity (Wildman–Crippen MR) is 59.3 cm³/mol. The summed E-state index contributed by atoms with van der Waals surface area (Å²) in [5.74, 6) is 0. The highest BCUT2D eigenvalue weighted by Gasteiger charge is 2.05. The average molecular weight is 256 g/mol. The van der Waals surface area contributed by atoms with Crippen LogP contribution in [0.2, 0.25) is 0 Å². The summed E-state index contributed by atoms with van der Waals surface area (Å²) >= 11 is 4.89. The summed E-state index contributed by atoms with van der Waals surface area (Å²) in [6, 6.07) is 3.75. The molecule has 2 nitrogen and oxygen atoms in total. The molecule has 2 N–H and O–H groups in total. The molecule has 0 bridgehead atoms. The van der Waals surface area contributed by atoms with Crippen molar-refractivity contribution in [2.75, 3.05) is 5.73 Å². The molecule has 1 aromatic carbocycles. The number of carbonyl (C=O) groups is 1. The second kappa shape index (κ2) is 3.12. The lowest BCUT2D eigenvalue weighted by atomic mass is 10.2. The molecule has 0 saturated carbocycles. The van der Waals surface area contributed by atoms with Gasteiger partial charge in [-0.3, -0.25) is 4.79 Å². The molecule has 0 saturated heterocycles. The summed E-state index contributed by atoms with van der Waals surface area (Å²) in [5, 5.41) is 2.77. The Kier molecular flexibility index (Phi) is 2.09. The van der Waals surface area contributed by atoms with Gasteiger partial charge in [0.1, 0.15) is 0 Å². The maximum atomic E-state index is 10.6. The van der Waals surface area contributed by atoms with Crippen LogP contribution in [0.15, 0.2) is 22.0 Å². The lowest BCUT2D eigenvalue weighted by Crippen LogP contribution is -1.86. The standard InChI is InChI=1S/C9H6BrNOS/c10-7-2-9-6(1-8(7)11)5(3-12)4-13-9/h1-4H,11H2. The van der Waals surface area contributed by atoms with Crippen molar-refractivity contribution in [2.24, 2.45) is 0 Å². The fourth-order valence-corrected chi connectivity index (χ4v) is 2.60. The van der Waals surface area contributed by atoms with Crippen LogP contribution in [-0.4, -0.2) is 6.29 Å². The zero-order valence-corrected chi connectivity index (χ0v) is 8.98. The first-order valence-corrected chi connectivity index (χ1v) is 5.31. The number of thiophene rings is 1. The molecule has 0 fully saturated rings. The molecule has 0 aliphatic carbocycles. The monoisotopic (exact) mass is 255 g/mol. The van der Waals surface area contributed by atoms with Crippen LogP contribution in [0.4, 0.5) is 5.69 Å². The number of anilines is 1. The van der Waals surface area contributed by atoms with Crippen LogP contribution in [0, 0.1) is 0 Å². The van der Waals surface area contributed by atoms with Crippen molar-refractivity contribution in [3.8, 4) is 0 Å². The van der Waals surface area contributed by atoms with E-state index in [0.29, 0.717) is 11.3 Å². The molecule has 1 heterocycles. The van der Waals surface area contributed by atoms with E-state index in [-0.39, 0.29) is 0 Å². The molecule has 0 aliphatic heterocycles. The molecule has 0 radical (unpaired) electrons. The number of aldehydes is 1. The van der Waals surface area contributed by atoms with Crippen molar-refractivity contribution in [1.82, 2.24) is 0 Å². The van der Waals surface area contributed by atoms with Crippen LogP contribution in [0.25, 0.3) is 10.1 Å². The van der Waals surface area contributed by atoms with Crippen LogP contribution >= 0.6 is 27.3 Å². The fourth-order valence-electron chi connectivity index (χ4n) is 1.18. The number of nitrogen functional groups attached to an aromatic ring is 1. The Morgan fingerprint density at radius 3 is 2.92 bits per heavy atom. The molecule has 0 amide bonds. The molecule has 13 heavy (non-hydrogen) atoms. The number of rotatable bonds is 1. The van der Waals surface area contributed by atoms with Crippen molar-refractivity contribution in [3.05, 3.63) is 27.5 Å². The first-order valence-electron chi connectivity index (χ1n) is 3.64. The second-order valence-electron chi connectivity index (χ2n) is 2.68. The highest BCUT2D eigenvalue weighted by molar-refractivity contribution is 9.10. The Bertz CT molecular complexity index is 478.